The van der Waals surface area contributed by atoms with Crippen molar-refractivity contribution in [2.45, 2.75) is 6.42 Å². The average molecular weight is 323 g/mol. The van der Waals surface area contributed by atoms with Crippen LogP contribution in [0.4, 0.5) is 10.5 Å². The molecule has 2 aromatic heterocycles. The maximum absolute atomic E-state index is 12.1. The molecule has 3 rings (SSSR count). The minimum atomic E-state index is -0.639. The van der Waals surface area contributed by atoms with Gasteiger partial charge in [0.2, 0.25) is 0 Å². The molecule has 0 spiro atoms. The topological polar surface area (TPSA) is 102 Å². The number of nitrogens with two attached hydrogens (primary N) is 1. The van der Waals surface area contributed by atoms with Crippen LogP contribution in [0, 0.1) is 0 Å². The van der Waals surface area contributed by atoms with Crippen molar-refractivity contribution in [1.82, 2.24) is 14.7 Å². The summed E-state index contributed by atoms with van der Waals surface area (Å²) in [5, 5.41) is 5.30. The molecule has 122 valence electrons. The molecule has 0 aliphatic heterocycles. The van der Waals surface area contributed by atoms with Crippen LogP contribution in [0.15, 0.2) is 54.9 Å². The number of primary amides is 1. The van der Waals surface area contributed by atoms with Gasteiger partial charge in [-0.2, -0.15) is 0 Å². The number of benzene rings is 1. The number of carbonyl (C=O) groups excluding carboxylic acids is 2. The van der Waals surface area contributed by atoms with E-state index in [4.69, 9.17) is 5.73 Å². The lowest BCUT2D eigenvalue weighted by atomic mass is 10.2. The van der Waals surface area contributed by atoms with Crippen molar-refractivity contribution in [3.8, 4) is 0 Å². The van der Waals surface area contributed by atoms with Gasteiger partial charge in [0, 0.05) is 36.6 Å². The van der Waals surface area contributed by atoms with E-state index in [-0.39, 0.29) is 5.91 Å². The molecular weight excluding hydrogens is 306 g/mol. The second-order valence-corrected chi connectivity index (χ2v) is 5.27. The highest BCUT2D eigenvalue weighted by molar-refractivity contribution is 5.95. The minimum absolute atomic E-state index is 0.176. The van der Waals surface area contributed by atoms with Gasteiger partial charge in [-0.15, -0.1) is 0 Å². The molecular formula is C17H17N5O2. The van der Waals surface area contributed by atoms with Crippen LogP contribution in [0.25, 0.3) is 5.65 Å². The van der Waals surface area contributed by atoms with Gasteiger partial charge >= 0.3 is 6.03 Å². The van der Waals surface area contributed by atoms with Crippen LogP contribution in [0.5, 0.6) is 0 Å². The fourth-order valence-electron chi connectivity index (χ4n) is 2.36. The van der Waals surface area contributed by atoms with Gasteiger partial charge in [0.1, 0.15) is 5.65 Å². The number of nitrogens with one attached hydrogen (secondary N) is 2. The van der Waals surface area contributed by atoms with E-state index < -0.39 is 6.03 Å². The highest BCUT2D eigenvalue weighted by Gasteiger charge is 2.06. The smallest absolute Gasteiger partial charge is 0.316 e. The van der Waals surface area contributed by atoms with Crippen LogP contribution in [0.2, 0.25) is 0 Å². The van der Waals surface area contributed by atoms with E-state index in [1.165, 1.54) is 0 Å². The fraction of sp³-hybridized carbons (Fsp3) is 0.118. The molecule has 3 amide bonds. The summed E-state index contributed by atoms with van der Waals surface area (Å²) in [4.78, 5) is 27.3. The molecule has 0 aliphatic rings. The quantitative estimate of drug-likeness (QED) is 0.667. The molecule has 0 unspecified atom stereocenters. The predicted octanol–water partition coefficient (Wildman–Crippen LogP) is 1.80. The van der Waals surface area contributed by atoms with Crippen molar-refractivity contribution >= 4 is 23.3 Å². The Kier molecular flexibility index (Phi) is 4.42. The predicted molar refractivity (Wildman–Crippen MR) is 90.9 cm³/mol. The Morgan fingerprint density at radius 2 is 1.92 bits per heavy atom. The molecule has 4 N–H and O–H groups in total. The van der Waals surface area contributed by atoms with Crippen molar-refractivity contribution in [3.05, 3.63) is 66.1 Å². The number of anilines is 1. The largest absolute Gasteiger partial charge is 0.352 e. The highest BCUT2D eigenvalue weighted by atomic mass is 16.2. The Hall–Kier alpha value is -3.35. The van der Waals surface area contributed by atoms with Gasteiger partial charge in [-0.25, -0.2) is 9.78 Å². The number of hydrogen-bond donors (Lipinski definition) is 3. The van der Waals surface area contributed by atoms with E-state index in [0.717, 1.165) is 11.3 Å². The number of pyridine rings is 1. The Labute approximate surface area is 138 Å². The molecule has 0 fully saturated rings. The van der Waals surface area contributed by atoms with Crippen LogP contribution in [0.3, 0.4) is 0 Å². The zero-order valence-corrected chi connectivity index (χ0v) is 12.9. The molecule has 7 nitrogen and oxygen atoms in total. The summed E-state index contributed by atoms with van der Waals surface area (Å²) >= 11 is 0. The summed E-state index contributed by atoms with van der Waals surface area (Å²) in [6.45, 7) is 0.490. The number of aromatic nitrogens is 2. The number of carbonyl (C=O) groups is 2. The molecule has 24 heavy (non-hydrogen) atoms. The molecule has 2 heterocycles. The Bertz CT molecular complexity index is 837. The number of hydrogen-bond acceptors (Lipinski definition) is 3. The van der Waals surface area contributed by atoms with Crippen molar-refractivity contribution < 1.29 is 9.59 Å². The maximum atomic E-state index is 12.1. The van der Waals surface area contributed by atoms with E-state index >= 15 is 0 Å². The summed E-state index contributed by atoms with van der Waals surface area (Å²) in [5.74, 6) is -0.176. The van der Waals surface area contributed by atoms with Gasteiger partial charge in [-0.1, -0.05) is 6.07 Å². The number of rotatable bonds is 5. The van der Waals surface area contributed by atoms with Crippen LogP contribution in [-0.4, -0.2) is 27.9 Å². The monoisotopic (exact) mass is 323 g/mol. The molecule has 0 atom stereocenters. The first-order valence-corrected chi connectivity index (χ1v) is 7.49. The van der Waals surface area contributed by atoms with E-state index in [0.29, 0.717) is 24.2 Å². The van der Waals surface area contributed by atoms with Gasteiger partial charge in [-0.05, 0) is 36.4 Å². The SMILES string of the molecule is NC(=O)Nc1ccc(C(=O)NCCc2cn3ccccc3n2)cc1. The number of nitrogens with zero attached hydrogens (tertiary/aromatic N) is 2. The minimum Gasteiger partial charge on any atom is -0.352 e. The normalized spacial score (nSPS) is 10.5. The first kappa shape index (κ1) is 15.5. The molecule has 3 aromatic rings. The Morgan fingerprint density at radius 1 is 1.12 bits per heavy atom. The molecule has 0 aliphatic carbocycles. The van der Waals surface area contributed by atoms with Crippen LogP contribution < -0.4 is 16.4 Å². The van der Waals surface area contributed by atoms with Crippen LogP contribution in [0.1, 0.15) is 16.1 Å². The Morgan fingerprint density at radius 3 is 2.62 bits per heavy atom. The molecule has 0 radical (unpaired) electrons. The molecule has 0 saturated carbocycles. The first-order chi connectivity index (χ1) is 11.6. The number of amides is 3. The van der Waals surface area contributed by atoms with Gasteiger partial charge in [0.15, 0.2) is 0 Å². The maximum Gasteiger partial charge on any atom is 0.316 e. The molecule has 7 heteroatoms. The lowest BCUT2D eigenvalue weighted by molar-refractivity contribution is 0.0954. The second-order valence-electron chi connectivity index (χ2n) is 5.27. The molecule has 1 aromatic carbocycles. The third kappa shape index (κ3) is 3.70. The lowest BCUT2D eigenvalue weighted by Crippen LogP contribution is -2.25. The van der Waals surface area contributed by atoms with E-state index in [9.17, 15) is 9.59 Å². The van der Waals surface area contributed by atoms with E-state index in [2.05, 4.69) is 15.6 Å². The lowest BCUT2D eigenvalue weighted by Gasteiger charge is -2.05. The standard InChI is InChI=1S/C17H17N5O2/c18-17(24)21-13-6-4-12(5-7-13)16(23)19-9-8-14-11-22-10-2-1-3-15(22)20-14/h1-7,10-11H,8-9H2,(H,19,23)(H3,18,21,24). The first-order valence-electron chi connectivity index (χ1n) is 7.49. The summed E-state index contributed by atoms with van der Waals surface area (Å²) in [6.07, 6.45) is 4.53. The van der Waals surface area contributed by atoms with Crippen LogP contribution >= 0.6 is 0 Å². The Balaban J connectivity index is 1.54. The molecule has 0 saturated heterocycles. The third-order valence-electron chi connectivity index (χ3n) is 3.50. The van der Waals surface area contributed by atoms with Gasteiger partial charge in [-0.3, -0.25) is 4.79 Å². The summed E-state index contributed by atoms with van der Waals surface area (Å²) in [6, 6.07) is 11.7. The van der Waals surface area contributed by atoms with Gasteiger partial charge < -0.3 is 20.8 Å². The summed E-state index contributed by atoms with van der Waals surface area (Å²) < 4.78 is 1.95. The van der Waals surface area contributed by atoms with Crippen molar-refractivity contribution in [3.63, 3.8) is 0 Å². The van der Waals surface area contributed by atoms with E-state index in [1.54, 1.807) is 24.3 Å². The zero-order valence-electron chi connectivity index (χ0n) is 12.9. The van der Waals surface area contributed by atoms with Crippen molar-refractivity contribution in [2.24, 2.45) is 5.73 Å². The number of imidazole rings is 1. The summed E-state index contributed by atoms with van der Waals surface area (Å²) in [5.41, 5.74) is 7.90. The third-order valence-corrected chi connectivity index (χ3v) is 3.50. The van der Waals surface area contributed by atoms with Crippen molar-refractivity contribution in [2.75, 3.05) is 11.9 Å². The van der Waals surface area contributed by atoms with E-state index in [1.807, 2.05) is 35.0 Å². The highest BCUT2D eigenvalue weighted by Crippen LogP contribution is 2.09. The fourth-order valence-corrected chi connectivity index (χ4v) is 2.36. The molecule has 0 bridgehead atoms. The van der Waals surface area contributed by atoms with Crippen LogP contribution in [-0.2, 0) is 6.42 Å². The average Bonchev–Trinajstić information content (AvgIpc) is 2.97. The van der Waals surface area contributed by atoms with Crippen molar-refractivity contribution in [1.29, 1.82) is 0 Å². The zero-order chi connectivity index (χ0) is 16.9. The second kappa shape index (κ2) is 6.82. The summed E-state index contributed by atoms with van der Waals surface area (Å²) in [7, 11) is 0. The number of urea groups is 1. The number of fused-ring (bicyclic) bond motifs is 1. The van der Waals surface area contributed by atoms with Gasteiger partial charge in [0.25, 0.3) is 5.91 Å². The van der Waals surface area contributed by atoms with Gasteiger partial charge in [0.05, 0.1) is 5.69 Å².